The van der Waals surface area contributed by atoms with Crippen molar-refractivity contribution in [2.45, 2.75) is 50.6 Å². The molecule has 0 radical (unpaired) electrons. The first-order valence-corrected chi connectivity index (χ1v) is 5.25. The average molecular weight is 183 g/mol. The SMILES string of the molecule is O=C(O)CN1C2CCCC1CCC2. The molecule has 3 heteroatoms. The van der Waals surface area contributed by atoms with E-state index in [9.17, 15) is 4.79 Å². The Balaban J connectivity index is 2.02. The van der Waals surface area contributed by atoms with Gasteiger partial charge < -0.3 is 5.11 Å². The number of fused-ring (bicyclic) bond motifs is 2. The standard InChI is InChI=1S/C10H17NO2/c12-10(13)7-11-8-3-1-4-9(11)6-2-5-8/h8-9H,1-7H2,(H,12,13). The van der Waals surface area contributed by atoms with Gasteiger partial charge in [-0.05, 0) is 25.7 Å². The number of carboxylic acid groups (broad SMARTS) is 1. The maximum Gasteiger partial charge on any atom is 0.317 e. The molecule has 0 atom stereocenters. The highest BCUT2D eigenvalue weighted by Crippen LogP contribution is 2.33. The highest BCUT2D eigenvalue weighted by molar-refractivity contribution is 5.69. The Morgan fingerprint density at radius 1 is 1.15 bits per heavy atom. The molecule has 0 amide bonds. The van der Waals surface area contributed by atoms with Crippen molar-refractivity contribution < 1.29 is 9.90 Å². The molecule has 2 aliphatic heterocycles. The van der Waals surface area contributed by atoms with E-state index in [4.69, 9.17) is 5.11 Å². The second-order valence-corrected chi connectivity index (χ2v) is 4.24. The average Bonchev–Trinajstić information content (AvgIpc) is 2.02. The van der Waals surface area contributed by atoms with E-state index in [1.807, 2.05) is 0 Å². The van der Waals surface area contributed by atoms with Crippen molar-refractivity contribution in [2.24, 2.45) is 0 Å². The highest BCUT2D eigenvalue weighted by Gasteiger charge is 2.34. The number of hydrogen-bond donors (Lipinski definition) is 1. The van der Waals surface area contributed by atoms with Gasteiger partial charge in [-0.1, -0.05) is 12.8 Å². The van der Waals surface area contributed by atoms with E-state index in [0.29, 0.717) is 12.1 Å². The molecule has 0 aromatic heterocycles. The second-order valence-electron chi connectivity index (χ2n) is 4.24. The number of nitrogens with zero attached hydrogens (tertiary/aromatic N) is 1. The smallest absolute Gasteiger partial charge is 0.317 e. The van der Waals surface area contributed by atoms with E-state index in [1.54, 1.807) is 0 Å². The first-order chi connectivity index (χ1) is 6.27. The minimum atomic E-state index is -0.668. The summed E-state index contributed by atoms with van der Waals surface area (Å²) in [6, 6.07) is 1.15. The third kappa shape index (κ3) is 1.85. The first-order valence-electron chi connectivity index (χ1n) is 5.25. The van der Waals surface area contributed by atoms with Gasteiger partial charge in [-0.3, -0.25) is 9.69 Å². The van der Waals surface area contributed by atoms with Crippen LogP contribution in [0.15, 0.2) is 0 Å². The van der Waals surface area contributed by atoms with Crippen LogP contribution in [0.4, 0.5) is 0 Å². The number of piperidine rings is 2. The van der Waals surface area contributed by atoms with E-state index in [2.05, 4.69) is 4.90 Å². The summed E-state index contributed by atoms with van der Waals surface area (Å²) in [4.78, 5) is 12.9. The number of carbonyl (C=O) groups is 1. The molecule has 2 rings (SSSR count). The molecule has 2 heterocycles. The molecule has 3 nitrogen and oxygen atoms in total. The van der Waals surface area contributed by atoms with Gasteiger partial charge in [0, 0.05) is 12.1 Å². The molecular formula is C10H17NO2. The minimum absolute atomic E-state index is 0.259. The summed E-state index contributed by atoms with van der Waals surface area (Å²) in [6.07, 6.45) is 7.44. The molecule has 1 N–H and O–H groups in total. The van der Waals surface area contributed by atoms with Gasteiger partial charge in [0.1, 0.15) is 0 Å². The molecule has 0 aromatic rings. The van der Waals surface area contributed by atoms with E-state index < -0.39 is 5.97 Å². The molecule has 0 spiro atoms. The number of aliphatic carboxylic acids is 1. The summed E-state index contributed by atoms with van der Waals surface area (Å²) in [6.45, 7) is 0.259. The van der Waals surface area contributed by atoms with Crippen LogP contribution in [0.5, 0.6) is 0 Å². The van der Waals surface area contributed by atoms with Crippen LogP contribution in [0.3, 0.4) is 0 Å². The molecule has 13 heavy (non-hydrogen) atoms. The Kier molecular flexibility index (Phi) is 2.54. The van der Waals surface area contributed by atoms with E-state index in [-0.39, 0.29) is 6.54 Å². The van der Waals surface area contributed by atoms with E-state index >= 15 is 0 Å². The van der Waals surface area contributed by atoms with Crippen molar-refractivity contribution in [3.05, 3.63) is 0 Å². The van der Waals surface area contributed by atoms with Crippen LogP contribution in [0.2, 0.25) is 0 Å². The Morgan fingerprint density at radius 3 is 2.00 bits per heavy atom. The Bertz CT molecular complexity index is 183. The minimum Gasteiger partial charge on any atom is -0.480 e. The van der Waals surface area contributed by atoms with Crippen LogP contribution >= 0.6 is 0 Å². The van der Waals surface area contributed by atoms with Gasteiger partial charge in [-0.15, -0.1) is 0 Å². The van der Waals surface area contributed by atoms with Crippen molar-refractivity contribution in [2.75, 3.05) is 6.54 Å². The molecule has 0 saturated carbocycles. The summed E-state index contributed by atoms with van der Waals surface area (Å²) in [5.41, 5.74) is 0. The summed E-state index contributed by atoms with van der Waals surface area (Å²) >= 11 is 0. The topological polar surface area (TPSA) is 40.5 Å². The summed E-state index contributed by atoms with van der Waals surface area (Å²) in [5, 5.41) is 8.78. The fraction of sp³-hybridized carbons (Fsp3) is 0.900. The number of hydrogen-bond acceptors (Lipinski definition) is 2. The maximum absolute atomic E-state index is 10.7. The normalized spacial score (nSPS) is 34.5. The molecule has 2 fully saturated rings. The van der Waals surface area contributed by atoms with Crippen molar-refractivity contribution in [1.82, 2.24) is 4.90 Å². The monoisotopic (exact) mass is 183 g/mol. The van der Waals surface area contributed by atoms with Gasteiger partial charge in [0.2, 0.25) is 0 Å². The highest BCUT2D eigenvalue weighted by atomic mass is 16.4. The summed E-state index contributed by atoms with van der Waals surface area (Å²) in [7, 11) is 0. The Hall–Kier alpha value is -0.570. The fourth-order valence-electron chi connectivity index (χ4n) is 2.84. The molecular weight excluding hydrogens is 166 g/mol. The second kappa shape index (κ2) is 3.66. The van der Waals surface area contributed by atoms with Crippen LogP contribution in [0.25, 0.3) is 0 Å². The molecule has 2 saturated heterocycles. The predicted octanol–water partition coefficient (Wildman–Crippen LogP) is 1.48. The summed E-state index contributed by atoms with van der Waals surface area (Å²) < 4.78 is 0. The van der Waals surface area contributed by atoms with Gasteiger partial charge in [0.05, 0.1) is 6.54 Å². The lowest BCUT2D eigenvalue weighted by Gasteiger charge is -2.45. The molecule has 2 aliphatic rings. The van der Waals surface area contributed by atoms with Gasteiger partial charge >= 0.3 is 5.97 Å². The number of rotatable bonds is 2. The zero-order chi connectivity index (χ0) is 9.26. The maximum atomic E-state index is 10.7. The van der Waals surface area contributed by atoms with Crippen molar-refractivity contribution in [3.63, 3.8) is 0 Å². The van der Waals surface area contributed by atoms with E-state index in [0.717, 1.165) is 0 Å². The van der Waals surface area contributed by atoms with Crippen LogP contribution in [-0.2, 0) is 4.79 Å². The van der Waals surface area contributed by atoms with Crippen LogP contribution in [0.1, 0.15) is 38.5 Å². The zero-order valence-corrected chi connectivity index (χ0v) is 7.91. The van der Waals surface area contributed by atoms with Gasteiger partial charge in [0.15, 0.2) is 0 Å². The quantitative estimate of drug-likeness (QED) is 0.705. The van der Waals surface area contributed by atoms with Crippen LogP contribution < -0.4 is 0 Å². The van der Waals surface area contributed by atoms with E-state index in [1.165, 1.54) is 38.5 Å². The molecule has 74 valence electrons. The number of carboxylic acids is 1. The Morgan fingerprint density at radius 2 is 1.62 bits per heavy atom. The lowest BCUT2D eigenvalue weighted by atomic mass is 9.84. The van der Waals surface area contributed by atoms with Gasteiger partial charge in [-0.25, -0.2) is 0 Å². The zero-order valence-electron chi connectivity index (χ0n) is 7.91. The van der Waals surface area contributed by atoms with Crippen molar-refractivity contribution in [3.8, 4) is 0 Å². The van der Waals surface area contributed by atoms with Crippen LogP contribution in [-0.4, -0.2) is 34.6 Å². The van der Waals surface area contributed by atoms with Crippen molar-refractivity contribution >= 4 is 5.97 Å². The van der Waals surface area contributed by atoms with Crippen LogP contribution in [0, 0.1) is 0 Å². The predicted molar refractivity (Wildman–Crippen MR) is 49.6 cm³/mol. The lowest BCUT2D eigenvalue weighted by molar-refractivity contribution is -0.141. The fourth-order valence-corrected chi connectivity index (χ4v) is 2.84. The third-order valence-corrected chi connectivity index (χ3v) is 3.41. The van der Waals surface area contributed by atoms with Gasteiger partial charge in [-0.2, -0.15) is 0 Å². The largest absolute Gasteiger partial charge is 0.480 e. The molecule has 0 aliphatic carbocycles. The lowest BCUT2D eigenvalue weighted by Crippen LogP contribution is -2.51. The first kappa shape index (κ1) is 9.00. The molecule has 0 aromatic carbocycles. The molecule has 0 unspecified atom stereocenters. The summed E-state index contributed by atoms with van der Waals surface area (Å²) in [5.74, 6) is -0.668. The third-order valence-electron chi connectivity index (χ3n) is 3.41. The van der Waals surface area contributed by atoms with Gasteiger partial charge in [0.25, 0.3) is 0 Å². The molecule has 2 bridgehead atoms. The van der Waals surface area contributed by atoms with Crippen molar-refractivity contribution in [1.29, 1.82) is 0 Å². The Labute approximate surface area is 78.7 Å².